The van der Waals surface area contributed by atoms with Gasteiger partial charge in [-0.25, -0.2) is 0 Å². The van der Waals surface area contributed by atoms with E-state index in [0.717, 1.165) is 35.1 Å². The second-order valence-electron chi connectivity index (χ2n) is 10.5. The molecule has 1 amide bonds. The SMILES string of the molecule is CCCCOc1ccc(C2c3c(oc4cc(C)c(C)cc4c3=O)C(=O)N2Cc2ccc3c(c2)OCO3)cc1OCC. The van der Waals surface area contributed by atoms with E-state index in [1.807, 2.05) is 69.3 Å². The van der Waals surface area contributed by atoms with Crippen molar-refractivity contribution >= 4 is 16.9 Å². The lowest BCUT2D eigenvalue weighted by Crippen LogP contribution is -2.29. The summed E-state index contributed by atoms with van der Waals surface area (Å²) in [6.45, 7) is 9.35. The zero-order chi connectivity index (χ0) is 28.7. The topological polar surface area (TPSA) is 87.4 Å². The molecule has 8 nitrogen and oxygen atoms in total. The minimum absolute atomic E-state index is 0.0673. The molecule has 212 valence electrons. The normalized spacial score (nSPS) is 15.5. The summed E-state index contributed by atoms with van der Waals surface area (Å²) in [6, 6.07) is 14.2. The zero-order valence-corrected chi connectivity index (χ0v) is 23.7. The van der Waals surface area contributed by atoms with E-state index in [0.29, 0.717) is 52.7 Å². The van der Waals surface area contributed by atoms with Crippen LogP contribution in [0.2, 0.25) is 0 Å². The van der Waals surface area contributed by atoms with Crippen LogP contribution in [0.25, 0.3) is 11.0 Å². The molecule has 1 unspecified atom stereocenters. The molecule has 6 rings (SSSR count). The van der Waals surface area contributed by atoms with Gasteiger partial charge in [-0.05, 0) is 85.8 Å². The Kier molecular flexibility index (Phi) is 7.07. The number of benzene rings is 3. The molecule has 4 aromatic rings. The number of hydrogen-bond donors (Lipinski definition) is 0. The quantitative estimate of drug-likeness (QED) is 0.219. The van der Waals surface area contributed by atoms with Crippen LogP contribution in [-0.4, -0.2) is 30.8 Å². The third-order valence-corrected chi connectivity index (χ3v) is 7.71. The summed E-state index contributed by atoms with van der Waals surface area (Å²) in [4.78, 5) is 29.8. The maximum atomic E-state index is 14.1. The lowest BCUT2D eigenvalue weighted by atomic mass is 9.97. The first-order chi connectivity index (χ1) is 19.9. The Morgan fingerprint density at radius 1 is 0.902 bits per heavy atom. The summed E-state index contributed by atoms with van der Waals surface area (Å²) < 4.78 is 29.2. The molecule has 2 aliphatic rings. The third kappa shape index (κ3) is 4.77. The summed E-state index contributed by atoms with van der Waals surface area (Å²) in [6.07, 6.45) is 1.94. The van der Waals surface area contributed by atoms with Crippen LogP contribution in [0, 0.1) is 13.8 Å². The summed E-state index contributed by atoms with van der Waals surface area (Å²) in [5.74, 6) is 2.21. The Morgan fingerprint density at radius 2 is 1.71 bits per heavy atom. The monoisotopic (exact) mass is 555 g/mol. The van der Waals surface area contributed by atoms with E-state index < -0.39 is 6.04 Å². The molecule has 0 aliphatic carbocycles. The minimum atomic E-state index is -0.686. The van der Waals surface area contributed by atoms with Gasteiger partial charge in [-0.2, -0.15) is 0 Å². The van der Waals surface area contributed by atoms with Crippen molar-refractivity contribution in [1.82, 2.24) is 4.90 Å². The Bertz CT molecular complexity index is 1710. The van der Waals surface area contributed by atoms with Crippen LogP contribution in [-0.2, 0) is 6.54 Å². The molecule has 0 saturated heterocycles. The standard InChI is InChI=1S/C33H33NO7/c1-5-7-12-38-24-11-9-22(16-28(24)37-6-2)30-29-31(35)23-13-19(3)20(4)14-26(23)41-32(29)33(36)34(30)17-21-8-10-25-27(15-21)40-18-39-25/h8-11,13-16,30H,5-7,12,17-18H2,1-4H3. The smallest absolute Gasteiger partial charge is 0.291 e. The number of aryl methyl sites for hydroxylation is 2. The van der Waals surface area contributed by atoms with Crippen molar-refractivity contribution in [2.75, 3.05) is 20.0 Å². The van der Waals surface area contributed by atoms with Gasteiger partial charge in [0, 0.05) is 6.54 Å². The van der Waals surface area contributed by atoms with Crippen LogP contribution < -0.4 is 24.4 Å². The fraction of sp³-hybridized carbons (Fsp3) is 0.333. The van der Waals surface area contributed by atoms with Crippen molar-refractivity contribution in [2.45, 2.75) is 53.1 Å². The van der Waals surface area contributed by atoms with Crippen LogP contribution in [0.5, 0.6) is 23.0 Å². The van der Waals surface area contributed by atoms with Crippen molar-refractivity contribution in [1.29, 1.82) is 0 Å². The second-order valence-corrected chi connectivity index (χ2v) is 10.5. The fourth-order valence-corrected chi connectivity index (χ4v) is 5.43. The molecule has 8 heteroatoms. The molecule has 0 fully saturated rings. The van der Waals surface area contributed by atoms with Gasteiger partial charge in [0.1, 0.15) is 5.58 Å². The highest BCUT2D eigenvalue weighted by Gasteiger charge is 2.43. The zero-order valence-electron chi connectivity index (χ0n) is 23.7. The van der Waals surface area contributed by atoms with Crippen LogP contribution in [0.15, 0.2) is 57.7 Å². The van der Waals surface area contributed by atoms with Gasteiger partial charge < -0.3 is 28.3 Å². The van der Waals surface area contributed by atoms with Crippen LogP contribution in [0.1, 0.15) is 71.1 Å². The molecular weight excluding hydrogens is 522 g/mol. The number of hydrogen-bond acceptors (Lipinski definition) is 7. The Balaban J connectivity index is 1.49. The van der Waals surface area contributed by atoms with Crippen LogP contribution in [0.3, 0.4) is 0 Å². The van der Waals surface area contributed by atoms with Crippen LogP contribution >= 0.6 is 0 Å². The molecule has 0 saturated carbocycles. The molecule has 41 heavy (non-hydrogen) atoms. The Hall–Kier alpha value is -4.46. The number of ether oxygens (including phenoxy) is 4. The van der Waals surface area contributed by atoms with E-state index in [-0.39, 0.29) is 30.4 Å². The molecule has 0 radical (unpaired) electrons. The van der Waals surface area contributed by atoms with Crippen molar-refractivity contribution in [3.05, 3.63) is 92.3 Å². The molecule has 1 atom stereocenters. The number of nitrogens with zero attached hydrogens (tertiary/aromatic N) is 1. The lowest BCUT2D eigenvalue weighted by molar-refractivity contribution is 0.0714. The number of carbonyl (C=O) groups excluding carboxylic acids is 1. The van der Waals surface area contributed by atoms with E-state index >= 15 is 0 Å². The van der Waals surface area contributed by atoms with Gasteiger partial charge in [-0.3, -0.25) is 9.59 Å². The first-order valence-electron chi connectivity index (χ1n) is 14.1. The maximum Gasteiger partial charge on any atom is 0.291 e. The molecule has 0 spiro atoms. The highest BCUT2D eigenvalue weighted by Crippen LogP contribution is 2.43. The van der Waals surface area contributed by atoms with E-state index in [4.69, 9.17) is 23.4 Å². The predicted molar refractivity (Wildman–Crippen MR) is 154 cm³/mol. The largest absolute Gasteiger partial charge is 0.490 e. The third-order valence-electron chi connectivity index (χ3n) is 7.71. The molecule has 3 aromatic carbocycles. The first-order valence-corrected chi connectivity index (χ1v) is 14.1. The number of amides is 1. The summed E-state index contributed by atoms with van der Waals surface area (Å²) in [5.41, 5.74) is 4.07. The fourth-order valence-electron chi connectivity index (χ4n) is 5.43. The summed E-state index contributed by atoms with van der Waals surface area (Å²) in [5, 5.41) is 0.458. The van der Waals surface area contributed by atoms with Crippen LogP contribution in [0.4, 0.5) is 0 Å². The molecule has 2 aliphatic heterocycles. The number of carbonyl (C=O) groups is 1. The number of rotatable bonds is 9. The first kappa shape index (κ1) is 26.7. The van der Waals surface area contributed by atoms with E-state index in [9.17, 15) is 9.59 Å². The van der Waals surface area contributed by atoms with Gasteiger partial charge in [-0.1, -0.05) is 25.5 Å². The average Bonchev–Trinajstić information content (AvgIpc) is 3.53. The maximum absolute atomic E-state index is 14.1. The highest BCUT2D eigenvalue weighted by molar-refractivity contribution is 5.99. The molecule has 1 aromatic heterocycles. The average molecular weight is 556 g/mol. The van der Waals surface area contributed by atoms with Gasteiger partial charge in [0.2, 0.25) is 12.6 Å². The minimum Gasteiger partial charge on any atom is -0.490 e. The predicted octanol–water partition coefficient (Wildman–Crippen LogP) is 6.46. The van der Waals surface area contributed by atoms with Gasteiger partial charge in [0.15, 0.2) is 28.4 Å². The van der Waals surface area contributed by atoms with Crippen molar-refractivity contribution < 1.29 is 28.2 Å². The number of unbranched alkanes of at least 4 members (excludes halogenated alkanes) is 1. The Morgan fingerprint density at radius 3 is 2.51 bits per heavy atom. The van der Waals surface area contributed by atoms with Crippen molar-refractivity contribution in [3.8, 4) is 23.0 Å². The van der Waals surface area contributed by atoms with E-state index in [1.165, 1.54) is 0 Å². The lowest BCUT2D eigenvalue weighted by Gasteiger charge is -2.26. The van der Waals surface area contributed by atoms with Gasteiger partial charge in [-0.15, -0.1) is 0 Å². The summed E-state index contributed by atoms with van der Waals surface area (Å²) in [7, 11) is 0. The molecule has 3 heterocycles. The van der Waals surface area contributed by atoms with Gasteiger partial charge in [0.05, 0.1) is 30.2 Å². The van der Waals surface area contributed by atoms with Gasteiger partial charge in [0.25, 0.3) is 5.91 Å². The molecule has 0 N–H and O–H groups in total. The van der Waals surface area contributed by atoms with E-state index in [2.05, 4.69) is 6.92 Å². The summed E-state index contributed by atoms with van der Waals surface area (Å²) >= 11 is 0. The molecular formula is C33H33NO7. The van der Waals surface area contributed by atoms with Crippen molar-refractivity contribution in [3.63, 3.8) is 0 Å². The second kappa shape index (κ2) is 10.8. The van der Waals surface area contributed by atoms with E-state index in [1.54, 1.807) is 4.90 Å². The Labute approximate surface area is 238 Å². The number of fused-ring (bicyclic) bond motifs is 3. The van der Waals surface area contributed by atoms with Crippen molar-refractivity contribution in [2.24, 2.45) is 0 Å². The van der Waals surface area contributed by atoms with Gasteiger partial charge >= 0.3 is 0 Å². The highest BCUT2D eigenvalue weighted by atomic mass is 16.7. The molecule has 0 bridgehead atoms.